The summed E-state index contributed by atoms with van der Waals surface area (Å²) in [5.74, 6) is -0.377. The number of sulfonamides is 1. The van der Waals surface area contributed by atoms with E-state index in [1.165, 1.54) is 33.5 Å². The Labute approximate surface area is 142 Å². The summed E-state index contributed by atoms with van der Waals surface area (Å²) in [6.07, 6.45) is 0.454. The van der Waals surface area contributed by atoms with Crippen LogP contribution in [-0.2, 0) is 10.0 Å². The molecule has 0 spiro atoms. The highest BCUT2D eigenvalue weighted by atomic mass is 32.2. The van der Waals surface area contributed by atoms with Gasteiger partial charge < -0.3 is 0 Å². The molecule has 1 aliphatic rings. The van der Waals surface area contributed by atoms with Crippen LogP contribution in [0.25, 0.3) is 0 Å². The van der Waals surface area contributed by atoms with Gasteiger partial charge in [0.15, 0.2) is 0 Å². The molecule has 23 heavy (non-hydrogen) atoms. The molecule has 124 valence electrons. The zero-order valence-corrected chi connectivity index (χ0v) is 14.6. The lowest BCUT2D eigenvalue weighted by molar-refractivity contribution is 0.428. The van der Waals surface area contributed by atoms with E-state index in [4.69, 9.17) is 0 Å². The SMILES string of the molecule is O=S(=O)(c1cccs1)N1CCSC(c2cc(F)ccc2F)CC1. The molecule has 1 atom stereocenters. The number of hydrogen-bond acceptors (Lipinski definition) is 4. The van der Waals surface area contributed by atoms with E-state index in [1.807, 2.05) is 0 Å². The Morgan fingerprint density at radius 2 is 2.00 bits per heavy atom. The molecule has 0 saturated carbocycles. The average molecular weight is 375 g/mol. The Balaban J connectivity index is 1.79. The molecule has 0 bridgehead atoms. The minimum atomic E-state index is -3.50. The maximum atomic E-state index is 13.9. The van der Waals surface area contributed by atoms with Gasteiger partial charge in [-0.15, -0.1) is 11.3 Å². The number of thioether (sulfide) groups is 1. The minimum Gasteiger partial charge on any atom is -0.207 e. The highest BCUT2D eigenvalue weighted by Gasteiger charge is 2.29. The third-order valence-electron chi connectivity index (χ3n) is 3.69. The summed E-state index contributed by atoms with van der Waals surface area (Å²) in [5.41, 5.74) is 0.311. The first-order chi connectivity index (χ1) is 11.0. The Hall–Kier alpha value is -0.960. The third-order valence-corrected chi connectivity index (χ3v) is 8.28. The van der Waals surface area contributed by atoms with Crippen molar-refractivity contribution in [2.75, 3.05) is 18.8 Å². The first kappa shape index (κ1) is 16.9. The molecule has 1 aromatic heterocycles. The summed E-state index contributed by atoms with van der Waals surface area (Å²) < 4.78 is 54.2. The van der Waals surface area contributed by atoms with E-state index in [0.29, 0.717) is 35.0 Å². The summed E-state index contributed by atoms with van der Waals surface area (Å²) in [4.78, 5) is 0. The fourth-order valence-corrected chi connectivity index (χ4v) is 6.50. The number of halogens is 2. The molecule has 2 aromatic rings. The van der Waals surface area contributed by atoms with Gasteiger partial charge in [0.1, 0.15) is 15.8 Å². The molecule has 8 heteroatoms. The first-order valence-electron chi connectivity index (χ1n) is 7.08. The summed E-state index contributed by atoms with van der Waals surface area (Å²) in [6.45, 7) is 0.673. The van der Waals surface area contributed by atoms with Crippen molar-refractivity contribution in [1.82, 2.24) is 4.31 Å². The van der Waals surface area contributed by atoms with Gasteiger partial charge in [-0.05, 0) is 36.1 Å². The molecule has 2 heterocycles. The molecule has 3 rings (SSSR count). The van der Waals surface area contributed by atoms with Crippen LogP contribution in [0, 0.1) is 11.6 Å². The van der Waals surface area contributed by atoms with Gasteiger partial charge in [-0.2, -0.15) is 16.1 Å². The van der Waals surface area contributed by atoms with E-state index < -0.39 is 21.7 Å². The molecular formula is C15H15F2NO2S3. The van der Waals surface area contributed by atoms with E-state index in [9.17, 15) is 17.2 Å². The van der Waals surface area contributed by atoms with Gasteiger partial charge in [0.25, 0.3) is 10.0 Å². The van der Waals surface area contributed by atoms with Crippen molar-refractivity contribution >= 4 is 33.1 Å². The van der Waals surface area contributed by atoms with Crippen molar-refractivity contribution in [3.63, 3.8) is 0 Å². The van der Waals surface area contributed by atoms with Gasteiger partial charge in [0, 0.05) is 29.7 Å². The van der Waals surface area contributed by atoms with Gasteiger partial charge in [-0.3, -0.25) is 0 Å². The standard InChI is InChI=1S/C15H15F2NO2S3/c16-11-3-4-13(17)12(10-11)14-5-6-18(7-9-21-14)23(19,20)15-2-1-8-22-15/h1-4,8,10,14H,5-7,9H2. The lowest BCUT2D eigenvalue weighted by Gasteiger charge is -2.19. The quantitative estimate of drug-likeness (QED) is 0.817. The molecule has 1 fully saturated rings. The number of thiophene rings is 1. The van der Waals surface area contributed by atoms with Gasteiger partial charge >= 0.3 is 0 Å². The summed E-state index contributed by atoms with van der Waals surface area (Å²) >= 11 is 2.65. The van der Waals surface area contributed by atoms with E-state index in [-0.39, 0.29) is 5.25 Å². The van der Waals surface area contributed by atoms with E-state index >= 15 is 0 Å². The molecular weight excluding hydrogens is 360 g/mol. The first-order valence-corrected chi connectivity index (χ1v) is 10.5. The smallest absolute Gasteiger partial charge is 0.207 e. The lowest BCUT2D eigenvalue weighted by atomic mass is 10.1. The lowest BCUT2D eigenvalue weighted by Crippen LogP contribution is -2.32. The zero-order chi connectivity index (χ0) is 16.4. The van der Waals surface area contributed by atoms with E-state index in [1.54, 1.807) is 17.5 Å². The van der Waals surface area contributed by atoms with E-state index in [2.05, 4.69) is 0 Å². The van der Waals surface area contributed by atoms with Crippen molar-refractivity contribution in [3.05, 3.63) is 52.9 Å². The monoisotopic (exact) mass is 375 g/mol. The molecule has 3 nitrogen and oxygen atoms in total. The Morgan fingerprint density at radius 1 is 1.17 bits per heavy atom. The molecule has 0 N–H and O–H groups in total. The Kier molecular flexibility index (Phi) is 5.05. The van der Waals surface area contributed by atoms with Crippen LogP contribution in [0.5, 0.6) is 0 Å². The highest BCUT2D eigenvalue weighted by molar-refractivity contribution is 7.99. The van der Waals surface area contributed by atoms with Crippen molar-refractivity contribution in [2.24, 2.45) is 0 Å². The topological polar surface area (TPSA) is 37.4 Å². The van der Waals surface area contributed by atoms with Crippen molar-refractivity contribution in [2.45, 2.75) is 15.9 Å². The number of rotatable bonds is 3. The normalized spacial score (nSPS) is 20.3. The van der Waals surface area contributed by atoms with Crippen molar-refractivity contribution < 1.29 is 17.2 Å². The summed E-state index contributed by atoms with van der Waals surface area (Å²) in [6, 6.07) is 6.71. The zero-order valence-electron chi connectivity index (χ0n) is 12.1. The molecule has 1 aliphatic heterocycles. The van der Waals surface area contributed by atoms with Gasteiger partial charge in [-0.25, -0.2) is 17.2 Å². The van der Waals surface area contributed by atoms with Crippen molar-refractivity contribution in [3.8, 4) is 0 Å². The third kappa shape index (κ3) is 3.60. The van der Waals surface area contributed by atoms with Crippen LogP contribution in [0.15, 0.2) is 39.9 Å². The molecule has 0 amide bonds. The Morgan fingerprint density at radius 3 is 2.74 bits per heavy atom. The highest BCUT2D eigenvalue weighted by Crippen LogP contribution is 2.37. The largest absolute Gasteiger partial charge is 0.252 e. The summed E-state index contributed by atoms with van der Waals surface area (Å²) in [5, 5.41) is 1.49. The molecule has 1 aromatic carbocycles. The minimum absolute atomic E-state index is 0.241. The second kappa shape index (κ2) is 6.88. The average Bonchev–Trinajstić information content (AvgIpc) is 2.95. The number of hydrogen-bond donors (Lipinski definition) is 0. The van der Waals surface area contributed by atoms with E-state index in [0.717, 1.165) is 12.1 Å². The van der Waals surface area contributed by atoms with Gasteiger partial charge in [-0.1, -0.05) is 6.07 Å². The maximum Gasteiger partial charge on any atom is 0.252 e. The molecule has 0 radical (unpaired) electrons. The van der Waals surface area contributed by atoms with Gasteiger partial charge in [0.05, 0.1) is 0 Å². The predicted octanol–water partition coefficient (Wildman–Crippen LogP) is 3.90. The summed E-state index contributed by atoms with van der Waals surface area (Å²) in [7, 11) is -3.50. The van der Waals surface area contributed by atoms with Crippen LogP contribution in [0.2, 0.25) is 0 Å². The fourth-order valence-electron chi connectivity index (χ4n) is 2.54. The van der Waals surface area contributed by atoms with Crippen LogP contribution < -0.4 is 0 Å². The fraction of sp³-hybridized carbons (Fsp3) is 0.333. The Bertz CT molecular complexity index is 778. The maximum absolute atomic E-state index is 13.9. The van der Waals surface area contributed by atoms with Crippen LogP contribution in [0.3, 0.4) is 0 Å². The van der Waals surface area contributed by atoms with Crippen LogP contribution >= 0.6 is 23.1 Å². The molecule has 0 aliphatic carbocycles. The van der Waals surface area contributed by atoms with Crippen LogP contribution in [0.4, 0.5) is 8.78 Å². The number of benzene rings is 1. The van der Waals surface area contributed by atoms with Gasteiger partial charge in [0.2, 0.25) is 0 Å². The second-order valence-electron chi connectivity index (χ2n) is 5.15. The van der Waals surface area contributed by atoms with Crippen LogP contribution in [-0.4, -0.2) is 31.6 Å². The predicted molar refractivity (Wildman–Crippen MR) is 89.3 cm³/mol. The van der Waals surface area contributed by atoms with Crippen LogP contribution in [0.1, 0.15) is 17.2 Å². The second-order valence-corrected chi connectivity index (χ2v) is 9.57. The molecule has 1 saturated heterocycles. The number of nitrogens with zero attached hydrogens (tertiary/aromatic N) is 1. The molecule has 1 unspecified atom stereocenters. The van der Waals surface area contributed by atoms with Crippen molar-refractivity contribution in [1.29, 1.82) is 0 Å².